The summed E-state index contributed by atoms with van der Waals surface area (Å²) in [7, 11) is 0. The minimum absolute atomic E-state index is 0.171. The Hall–Kier alpha value is -1.95. The fourth-order valence-electron chi connectivity index (χ4n) is 0.814. The molecule has 0 aliphatic rings. The number of phenols is 1. The number of benzene rings is 1. The van der Waals surface area contributed by atoms with Crippen LogP contribution in [0.3, 0.4) is 0 Å². The first kappa shape index (κ1) is 9.14. The molecule has 0 aromatic heterocycles. The van der Waals surface area contributed by atoms with E-state index in [0.29, 0.717) is 11.3 Å². The average Bonchev–Trinajstić information content (AvgIpc) is 2.16. The van der Waals surface area contributed by atoms with Crippen LogP contribution in [0.15, 0.2) is 36.0 Å². The number of hydrogen-bond acceptors (Lipinski definition) is 3. The summed E-state index contributed by atoms with van der Waals surface area (Å²) in [6.45, 7) is 1.69. The van der Waals surface area contributed by atoms with Crippen molar-refractivity contribution in [2.24, 2.45) is 0 Å². The predicted molar refractivity (Wildman–Crippen MR) is 51.1 cm³/mol. The molecule has 0 bridgehead atoms. The monoisotopic (exact) mass is 174 g/mol. The van der Waals surface area contributed by atoms with Gasteiger partial charge in [0, 0.05) is 11.8 Å². The molecule has 0 saturated carbocycles. The maximum Gasteiger partial charge on any atom is 0.139 e. The van der Waals surface area contributed by atoms with Gasteiger partial charge in [-0.05, 0) is 19.1 Å². The van der Waals surface area contributed by atoms with Gasteiger partial charge >= 0.3 is 0 Å². The molecule has 1 aromatic carbocycles. The first-order valence-corrected chi connectivity index (χ1v) is 3.85. The molecule has 0 amide bonds. The van der Waals surface area contributed by atoms with Gasteiger partial charge in [-0.25, -0.2) is 0 Å². The van der Waals surface area contributed by atoms with Crippen molar-refractivity contribution in [3.05, 3.63) is 36.0 Å². The van der Waals surface area contributed by atoms with E-state index in [-0.39, 0.29) is 5.75 Å². The number of phenolic OH excluding ortho intramolecular Hbond substituents is 1. The molecular weight excluding hydrogens is 164 g/mol. The number of nitriles is 1. The molecule has 2 N–H and O–H groups in total. The summed E-state index contributed by atoms with van der Waals surface area (Å²) < 4.78 is 0. The molecule has 0 atom stereocenters. The van der Waals surface area contributed by atoms with Crippen molar-refractivity contribution < 1.29 is 5.11 Å². The molecule has 0 saturated heterocycles. The van der Waals surface area contributed by atoms with Gasteiger partial charge in [-0.15, -0.1) is 0 Å². The minimum Gasteiger partial charge on any atom is -0.506 e. The van der Waals surface area contributed by atoms with E-state index < -0.39 is 0 Å². The van der Waals surface area contributed by atoms with Crippen LogP contribution in [-0.4, -0.2) is 5.11 Å². The molecular formula is C10H10N2O. The first-order valence-electron chi connectivity index (χ1n) is 3.85. The summed E-state index contributed by atoms with van der Waals surface area (Å²) in [5, 5.41) is 20.6. The van der Waals surface area contributed by atoms with Crippen molar-refractivity contribution in [1.82, 2.24) is 0 Å². The Morgan fingerprint density at radius 2 is 2.23 bits per heavy atom. The van der Waals surface area contributed by atoms with E-state index in [1.807, 2.05) is 6.07 Å². The lowest BCUT2D eigenvalue weighted by atomic mass is 10.3. The summed E-state index contributed by atoms with van der Waals surface area (Å²) in [4.78, 5) is 0. The predicted octanol–water partition coefficient (Wildman–Crippen LogP) is 2.23. The van der Waals surface area contributed by atoms with Crippen molar-refractivity contribution in [3.63, 3.8) is 0 Å². The molecule has 0 radical (unpaired) electrons. The van der Waals surface area contributed by atoms with Gasteiger partial charge in [0.15, 0.2) is 0 Å². The van der Waals surface area contributed by atoms with Crippen LogP contribution in [0, 0.1) is 11.3 Å². The topological polar surface area (TPSA) is 56.0 Å². The second-order valence-electron chi connectivity index (χ2n) is 2.60. The van der Waals surface area contributed by atoms with Crippen molar-refractivity contribution in [2.75, 3.05) is 5.32 Å². The molecule has 0 unspecified atom stereocenters. The highest BCUT2D eigenvalue weighted by molar-refractivity contribution is 5.57. The Morgan fingerprint density at radius 3 is 2.85 bits per heavy atom. The van der Waals surface area contributed by atoms with Gasteiger partial charge in [0.25, 0.3) is 0 Å². The fraction of sp³-hybridized carbons (Fsp3) is 0.100. The van der Waals surface area contributed by atoms with Gasteiger partial charge in [0.05, 0.1) is 11.8 Å². The van der Waals surface area contributed by atoms with E-state index in [1.54, 1.807) is 37.4 Å². The number of nitrogens with one attached hydrogen (secondary N) is 1. The first-order chi connectivity index (χ1) is 6.24. The van der Waals surface area contributed by atoms with Crippen LogP contribution in [0.25, 0.3) is 0 Å². The van der Waals surface area contributed by atoms with Gasteiger partial charge in [0.2, 0.25) is 0 Å². The lowest BCUT2D eigenvalue weighted by Crippen LogP contribution is -1.88. The van der Waals surface area contributed by atoms with E-state index in [2.05, 4.69) is 5.32 Å². The van der Waals surface area contributed by atoms with Gasteiger partial charge in [-0.1, -0.05) is 12.1 Å². The van der Waals surface area contributed by atoms with Crippen LogP contribution in [0.2, 0.25) is 0 Å². The third-order valence-corrected chi connectivity index (χ3v) is 1.52. The summed E-state index contributed by atoms with van der Waals surface area (Å²) in [6.07, 6.45) is 1.55. The zero-order chi connectivity index (χ0) is 9.68. The zero-order valence-corrected chi connectivity index (χ0v) is 7.28. The number of para-hydroxylation sites is 2. The highest BCUT2D eigenvalue weighted by Crippen LogP contribution is 2.21. The lowest BCUT2D eigenvalue weighted by molar-refractivity contribution is 0.477. The normalized spacial score (nSPS) is 10.6. The number of allylic oxidation sites excluding steroid dienone is 1. The van der Waals surface area contributed by atoms with E-state index in [1.165, 1.54) is 0 Å². The van der Waals surface area contributed by atoms with Crippen molar-refractivity contribution in [2.45, 2.75) is 6.92 Å². The molecule has 3 heteroatoms. The highest BCUT2D eigenvalue weighted by atomic mass is 16.3. The standard InChI is InChI=1S/C10H10N2O/c1-8(6-11)7-12-9-4-2-3-5-10(9)13/h2-5,7,12-13H,1H3/b8-7+. The fourth-order valence-corrected chi connectivity index (χ4v) is 0.814. The number of hydrogen-bond donors (Lipinski definition) is 2. The maximum absolute atomic E-state index is 9.32. The number of aromatic hydroxyl groups is 1. The molecule has 66 valence electrons. The lowest BCUT2D eigenvalue weighted by Gasteiger charge is -2.02. The Balaban J connectivity index is 2.77. The number of anilines is 1. The van der Waals surface area contributed by atoms with E-state index in [0.717, 1.165) is 0 Å². The second kappa shape index (κ2) is 4.17. The summed E-state index contributed by atoms with van der Waals surface area (Å²) in [5.74, 6) is 0.171. The highest BCUT2D eigenvalue weighted by Gasteiger charge is 1.95. The molecule has 3 nitrogen and oxygen atoms in total. The molecule has 1 rings (SSSR count). The largest absolute Gasteiger partial charge is 0.506 e. The number of nitrogens with zero attached hydrogens (tertiary/aromatic N) is 1. The van der Waals surface area contributed by atoms with Gasteiger partial charge in [-0.3, -0.25) is 0 Å². The van der Waals surface area contributed by atoms with Gasteiger partial charge in [0.1, 0.15) is 5.75 Å². The zero-order valence-electron chi connectivity index (χ0n) is 7.28. The maximum atomic E-state index is 9.32. The molecule has 1 aromatic rings. The van der Waals surface area contributed by atoms with Crippen LogP contribution >= 0.6 is 0 Å². The molecule has 13 heavy (non-hydrogen) atoms. The Labute approximate surface area is 76.9 Å². The van der Waals surface area contributed by atoms with Crippen molar-refractivity contribution in [3.8, 4) is 11.8 Å². The van der Waals surface area contributed by atoms with Crippen LogP contribution in [-0.2, 0) is 0 Å². The van der Waals surface area contributed by atoms with Crippen molar-refractivity contribution in [1.29, 1.82) is 5.26 Å². The number of rotatable bonds is 2. The van der Waals surface area contributed by atoms with Crippen LogP contribution in [0.5, 0.6) is 5.75 Å². The van der Waals surface area contributed by atoms with Crippen LogP contribution in [0.4, 0.5) is 5.69 Å². The summed E-state index contributed by atoms with van der Waals surface area (Å²) in [6, 6.07) is 8.83. The van der Waals surface area contributed by atoms with Gasteiger partial charge < -0.3 is 10.4 Å². The van der Waals surface area contributed by atoms with Crippen LogP contribution < -0.4 is 5.32 Å². The van der Waals surface area contributed by atoms with Crippen molar-refractivity contribution >= 4 is 5.69 Å². The molecule has 0 heterocycles. The molecule has 0 fully saturated rings. The molecule has 0 aliphatic carbocycles. The Kier molecular flexibility index (Phi) is 2.93. The smallest absolute Gasteiger partial charge is 0.139 e. The quantitative estimate of drug-likeness (QED) is 0.534. The van der Waals surface area contributed by atoms with Crippen LogP contribution in [0.1, 0.15) is 6.92 Å². The van der Waals surface area contributed by atoms with E-state index in [4.69, 9.17) is 5.26 Å². The van der Waals surface area contributed by atoms with Gasteiger partial charge in [-0.2, -0.15) is 5.26 Å². The SMILES string of the molecule is C/C(C#N)=C\Nc1ccccc1O. The second-order valence-corrected chi connectivity index (χ2v) is 2.60. The molecule has 0 spiro atoms. The Bertz CT molecular complexity index is 363. The molecule has 0 aliphatic heterocycles. The minimum atomic E-state index is 0.171. The third-order valence-electron chi connectivity index (χ3n) is 1.52. The Morgan fingerprint density at radius 1 is 1.54 bits per heavy atom. The third kappa shape index (κ3) is 2.53. The summed E-state index contributed by atoms with van der Waals surface area (Å²) in [5.41, 5.74) is 1.15. The van der Waals surface area contributed by atoms with E-state index in [9.17, 15) is 5.11 Å². The average molecular weight is 174 g/mol. The van der Waals surface area contributed by atoms with E-state index >= 15 is 0 Å². The summed E-state index contributed by atoms with van der Waals surface area (Å²) >= 11 is 0.